The molecule has 1 fully saturated rings. The Morgan fingerprint density at radius 1 is 1.56 bits per heavy atom. The highest BCUT2D eigenvalue weighted by Gasteiger charge is 2.23. The van der Waals surface area contributed by atoms with Gasteiger partial charge in [-0.25, -0.2) is 0 Å². The van der Waals surface area contributed by atoms with Crippen LogP contribution >= 0.6 is 0 Å². The lowest BCUT2D eigenvalue weighted by Crippen LogP contribution is -2.37. The molecule has 1 saturated heterocycles. The van der Waals surface area contributed by atoms with Gasteiger partial charge in [-0.3, -0.25) is 0 Å². The molecule has 1 aliphatic rings. The third-order valence-corrected chi connectivity index (χ3v) is 2.33. The Morgan fingerprint density at radius 3 is 2.67 bits per heavy atom. The minimum absolute atomic E-state index is 0.484. The first kappa shape index (κ1) is 7.07. The van der Waals surface area contributed by atoms with E-state index in [1.54, 1.807) is 0 Å². The Kier molecular flexibility index (Phi) is 2.12. The predicted molar refractivity (Wildman–Crippen MR) is 40.2 cm³/mol. The Hall–Kier alpha value is -0.0400. The molecule has 0 aromatic heterocycles. The fourth-order valence-corrected chi connectivity index (χ4v) is 1.33. The van der Waals surface area contributed by atoms with E-state index >= 15 is 0 Å². The molecule has 1 aliphatic heterocycles. The van der Waals surface area contributed by atoms with Gasteiger partial charge < -0.3 is 5.32 Å². The van der Waals surface area contributed by atoms with E-state index in [-0.39, 0.29) is 0 Å². The third kappa shape index (κ3) is 1.68. The van der Waals surface area contributed by atoms with Gasteiger partial charge in [0.05, 0.1) is 0 Å². The van der Waals surface area contributed by atoms with Crippen LogP contribution in [0.25, 0.3) is 0 Å². The maximum absolute atomic E-state index is 3.40. The normalized spacial score (nSPS) is 36.7. The molecular weight excluding hydrogens is 110 g/mol. The largest absolute Gasteiger partial charge is 0.316 e. The summed E-state index contributed by atoms with van der Waals surface area (Å²) in [6.07, 6.45) is 5.01. The maximum atomic E-state index is 3.40. The summed E-state index contributed by atoms with van der Waals surface area (Å²) in [5, 5.41) is 3.40. The van der Waals surface area contributed by atoms with Gasteiger partial charge in [0.25, 0.3) is 0 Å². The third-order valence-electron chi connectivity index (χ3n) is 2.33. The van der Waals surface area contributed by atoms with Gasteiger partial charge in [0, 0.05) is 6.54 Å². The second-order valence-electron chi connectivity index (χ2n) is 3.22. The second-order valence-corrected chi connectivity index (χ2v) is 3.22. The van der Waals surface area contributed by atoms with Crippen molar-refractivity contribution >= 4 is 0 Å². The van der Waals surface area contributed by atoms with E-state index < -0.39 is 0 Å². The summed E-state index contributed by atoms with van der Waals surface area (Å²) in [5.41, 5.74) is 0.484. The van der Waals surface area contributed by atoms with Gasteiger partial charge >= 0.3 is 0 Å². The molecule has 53 valence electrons. The molecule has 0 saturated carbocycles. The zero-order valence-corrected chi connectivity index (χ0v) is 6.41. The summed E-state index contributed by atoms with van der Waals surface area (Å²) >= 11 is 0. The molecule has 0 aromatic rings. The number of hydrogen-bond acceptors (Lipinski definition) is 1. The average molecular weight is 126 g/mol. The first-order chi connectivity index (χ1) is 4.27. The molecule has 1 unspecified atom stereocenters. The molecule has 0 aliphatic carbocycles. The second kappa shape index (κ2) is 2.70. The van der Waals surface area contributed by atoms with E-state index in [0.717, 1.165) is 0 Å². The van der Waals surface area contributed by atoms with Crippen LogP contribution in [-0.4, -0.2) is 13.1 Å². The monoisotopic (exact) mass is 126 g/mol. The molecule has 1 nitrogen and oxygen atoms in total. The van der Waals surface area contributed by atoms with Gasteiger partial charge in [0.15, 0.2) is 0 Å². The smallest absolute Gasteiger partial charge is 0.000782 e. The van der Waals surface area contributed by atoms with Crippen molar-refractivity contribution in [3.05, 3.63) is 6.42 Å². The number of piperidine rings is 1. The quantitative estimate of drug-likeness (QED) is 0.562. The van der Waals surface area contributed by atoms with Gasteiger partial charge in [-0.2, -0.15) is 0 Å². The molecule has 1 rings (SSSR count). The topological polar surface area (TPSA) is 12.0 Å². The zero-order chi connectivity index (χ0) is 6.74. The molecular formula is C8H16N. The molecule has 1 heterocycles. The molecule has 0 spiro atoms. The fourth-order valence-electron chi connectivity index (χ4n) is 1.33. The lowest BCUT2D eigenvalue weighted by Gasteiger charge is -2.32. The Morgan fingerprint density at radius 2 is 2.33 bits per heavy atom. The molecule has 0 amide bonds. The highest BCUT2D eigenvalue weighted by Crippen LogP contribution is 2.27. The van der Waals surface area contributed by atoms with Crippen LogP contribution in [0, 0.1) is 11.8 Å². The molecule has 1 N–H and O–H groups in total. The summed E-state index contributed by atoms with van der Waals surface area (Å²) < 4.78 is 0. The van der Waals surface area contributed by atoms with Crippen molar-refractivity contribution in [2.45, 2.75) is 26.7 Å². The van der Waals surface area contributed by atoms with Crippen molar-refractivity contribution in [2.75, 3.05) is 13.1 Å². The Balaban J connectivity index is 2.37. The van der Waals surface area contributed by atoms with E-state index in [9.17, 15) is 0 Å². The van der Waals surface area contributed by atoms with Crippen LogP contribution in [0.4, 0.5) is 0 Å². The van der Waals surface area contributed by atoms with E-state index in [4.69, 9.17) is 0 Å². The van der Waals surface area contributed by atoms with E-state index in [1.807, 2.05) is 0 Å². The van der Waals surface area contributed by atoms with Crippen LogP contribution in [0.15, 0.2) is 0 Å². The highest BCUT2D eigenvalue weighted by molar-refractivity contribution is 4.89. The zero-order valence-electron chi connectivity index (χ0n) is 6.41. The van der Waals surface area contributed by atoms with Crippen LogP contribution in [0.2, 0.25) is 0 Å². The van der Waals surface area contributed by atoms with Crippen molar-refractivity contribution in [2.24, 2.45) is 5.41 Å². The molecule has 1 atom stereocenters. The first-order valence-corrected chi connectivity index (χ1v) is 3.78. The summed E-state index contributed by atoms with van der Waals surface area (Å²) in [4.78, 5) is 0. The van der Waals surface area contributed by atoms with Crippen LogP contribution < -0.4 is 5.32 Å². The first-order valence-electron chi connectivity index (χ1n) is 3.78. The molecule has 0 bridgehead atoms. The molecule has 9 heavy (non-hydrogen) atoms. The van der Waals surface area contributed by atoms with E-state index in [2.05, 4.69) is 25.6 Å². The Bertz CT molecular complexity index is 82.6. The van der Waals surface area contributed by atoms with Crippen molar-refractivity contribution in [1.29, 1.82) is 0 Å². The van der Waals surface area contributed by atoms with Crippen molar-refractivity contribution in [1.82, 2.24) is 5.32 Å². The Labute approximate surface area is 57.8 Å². The molecule has 1 heteroatoms. The minimum atomic E-state index is 0.484. The van der Waals surface area contributed by atoms with E-state index in [1.165, 1.54) is 25.9 Å². The van der Waals surface area contributed by atoms with Crippen molar-refractivity contribution in [3.63, 3.8) is 0 Å². The van der Waals surface area contributed by atoms with Crippen molar-refractivity contribution < 1.29 is 0 Å². The lowest BCUT2D eigenvalue weighted by atomic mass is 9.81. The summed E-state index contributed by atoms with van der Waals surface area (Å²) in [6, 6.07) is 0. The fraction of sp³-hybridized carbons (Fsp3) is 0.875. The molecule has 0 aromatic carbocycles. The van der Waals surface area contributed by atoms with Gasteiger partial charge in [-0.15, -0.1) is 0 Å². The average Bonchev–Trinajstić information content (AvgIpc) is 1.90. The van der Waals surface area contributed by atoms with Crippen LogP contribution in [0.1, 0.15) is 26.7 Å². The summed E-state index contributed by atoms with van der Waals surface area (Å²) in [7, 11) is 0. The number of hydrogen-bond donors (Lipinski definition) is 1. The van der Waals surface area contributed by atoms with E-state index in [0.29, 0.717) is 5.41 Å². The van der Waals surface area contributed by atoms with Crippen LogP contribution in [0.3, 0.4) is 0 Å². The van der Waals surface area contributed by atoms with Crippen molar-refractivity contribution in [3.8, 4) is 0 Å². The predicted octanol–water partition coefficient (Wildman–Crippen LogP) is 1.60. The van der Waals surface area contributed by atoms with Gasteiger partial charge in [-0.05, 0) is 31.2 Å². The van der Waals surface area contributed by atoms with Gasteiger partial charge in [0.2, 0.25) is 0 Å². The highest BCUT2D eigenvalue weighted by atomic mass is 14.9. The lowest BCUT2D eigenvalue weighted by molar-refractivity contribution is 0.283. The summed E-state index contributed by atoms with van der Waals surface area (Å²) in [5.74, 6) is 0. The number of rotatable bonds is 1. The summed E-state index contributed by atoms with van der Waals surface area (Å²) in [6.45, 7) is 6.86. The van der Waals surface area contributed by atoms with Gasteiger partial charge in [-0.1, -0.05) is 13.8 Å². The van der Waals surface area contributed by atoms with Crippen LogP contribution in [-0.2, 0) is 0 Å². The minimum Gasteiger partial charge on any atom is -0.316 e. The molecule has 1 radical (unpaired) electrons. The SMILES string of the molecule is C[CH]C1(C)CCCNC1. The standard InChI is InChI=1S/C8H16N/c1-3-8(2)5-4-6-9-7-8/h3,9H,4-7H2,1-2H3. The maximum Gasteiger partial charge on any atom is 0.000782 e. The van der Waals surface area contributed by atoms with Gasteiger partial charge in [0.1, 0.15) is 0 Å². The number of nitrogens with one attached hydrogen (secondary N) is 1. The van der Waals surface area contributed by atoms with Crippen LogP contribution in [0.5, 0.6) is 0 Å².